The number of carbonyl (C=O) groups excluding carboxylic acids is 1. The molecule has 0 saturated heterocycles. The summed E-state index contributed by atoms with van der Waals surface area (Å²) in [5.41, 5.74) is 5.34. The van der Waals surface area contributed by atoms with Gasteiger partial charge in [0.05, 0.1) is 6.61 Å². The van der Waals surface area contributed by atoms with Gasteiger partial charge in [0, 0.05) is 21.1 Å². The van der Waals surface area contributed by atoms with Crippen molar-refractivity contribution in [2.75, 3.05) is 23.5 Å². The monoisotopic (exact) mass is 619 g/mol. The number of thioether (sulfide) groups is 2. The molecule has 3 aromatic carbocycles. The predicted octanol–water partition coefficient (Wildman–Crippen LogP) is 8.34. The number of hydrogen-bond acceptors (Lipinski definition) is 6. The van der Waals surface area contributed by atoms with Crippen molar-refractivity contribution in [3.05, 3.63) is 106 Å². The van der Waals surface area contributed by atoms with E-state index >= 15 is 0 Å². The van der Waals surface area contributed by atoms with Crippen LogP contribution >= 0.6 is 34.9 Å². The Hall–Kier alpha value is -3.04. The maximum Gasteiger partial charge on any atom is 0.326 e. The maximum absolute atomic E-state index is 13.4. The second kappa shape index (κ2) is 16.0. The van der Waals surface area contributed by atoms with E-state index in [-0.39, 0.29) is 6.10 Å². The smallest absolute Gasteiger partial charge is 0.326 e. The lowest BCUT2D eigenvalue weighted by atomic mass is 9.93. The highest BCUT2D eigenvalue weighted by molar-refractivity contribution is 7.99. The molecule has 1 aromatic heterocycles. The molecule has 4 rings (SSSR count). The first-order valence-corrected chi connectivity index (χ1v) is 17.3. The van der Waals surface area contributed by atoms with Gasteiger partial charge in [-0.15, -0.1) is 11.3 Å². The van der Waals surface area contributed by atoms with Crippen molar-refractivity contribution in [1.82, 2.24) is 5.32 Å². The lowest BCUT2D eigenvalue weighted by Crippen LogP contribution is -2.41. The summed E-state index contributed by atoms with van der Waals surface area (Å²) in [6.07, 6.45) is 2.22. The zero-order valence-corrected chi connectivity index (χ0v) is 26.6. The summed E-state index contributed by atoms with van der Waals surface area (Å²) in [7, 11) is 0. The molecule has 0 aliphatic rings. The largest absolute Gasteiger partial charge is 0.480 e. The lowest BCUT2D eigenvalue weighted by molar-refractivity contribution is -0.139. The molecular weight excluding hydrogens is 583 g/mol. The number of thiophene rings is 1. The highest BCUT2D eigenvalue weighted by Crippen LogP contribution is 2.35. The molecule has 220 valence electrons. The number of nitrogens with one attached hydrogen (secondary N) is 1. The third-order valence-corrected chi connectivity index (χ3v) is 9.72. The molecule has 0 radical (unpaired) electrons. The fraction of sp³-hybridized carbons (Fsp3) is 0.294. The minimum absolute atomic E-state index is 0.0601. The van der Waals surface area contributed by atoms with Gasteiger partial charge in [-0.1, -0.05) is 67.6 Å². The molecule has 0 aliphatic heterocycles. The van der Waals surface area contributed by atoms with Crippen LogP contribution < -0.4 is 5.32 Å². The van der Waals surface area contributed by atoms with Crippen molar-refractivity contribution in [2.24, 2.45) is 0 Å². The van der Waals surface area contributed by atoms with Crippen molar-refractivity contribution in [2.45, 2.75) is 39.0 Å². The van der Waals surface area contributed by atoms with Gasteiger partial charge in [0.25, 0.3) is 5.91 Å². The summed E-state index contributed by atoms with van der Waals surface area (Å²) in [6, 6.07) is 27.4. The summed E-state index contributed by atoms with van der Waals surface area (Å²) in [6.45, 7) is 4.55. The first kappa shape index (κ1) is 31.9. The zero-order chi connectivity index (χ0) is 29.9. The Kier molecular flexibility index (Phi) is 12.1. The number of rotatable bonds is 15. The minimum Gasteiger partial charge on any atom is -0.480 e. The molecule has 1 heterocycles. The van der Waals surface area contributed by atoms with Gasteiger partial charge in [0.2, 0.25) is 0 Å². The summed E-state index contributed by atoms with van der Waals surface area (Å²) >= 11 is 5.17. The summed E-state index contributed by atoms with van der Waals surface area (Å²) in [5, 5.41) is 12.4. The van der Waals surface area contributed by atoms with Gasteiger partial charge >= 0.3 is 5.97 Å². The number of carboxylic acids is 1. The van der Waals surface area contributed by atoms with Crippen molar-refractivity contribution in [3.63, 3.8) is 0 Å². The predicted molar refractivity (Wildman–Crippen MR) is 179 cm³/mol. The number of carbonyl (C=O) groups is 2. The number of ether oxygens (including phenoxy) is 1. The van der Waals surface area contributed by atoms with Crippen LogP contribution in [0.5, 0.6) is 0 Å². The molecule has 1 amide bonds. The van der Waals surface area contributed by atoms with E-state index in [9.17, 15) is 14.7 Å². The Morgan fingerprint density at radius 3 is 2.45 bits per heavy atom. The Balaban J connectivity index is 1.59. The number of carboxylic acid groups (broad SMARTS) is 1. The van der Waals surface area contributed by atoms with E-state index in [4.69, 9.17) is 4.74 Å². The van der Waals surface area contributed by atoms with E-state index in [1.165, 1.54) is 15.3 Å². The summed E-state index contributed by atoms with van der Waals surface area (Å²) < 4.78 is 6.54. The van der Waals surface area contributed by atoms with Crippen molar-refractivity contribution >= 4 is 46.7 Å². The van der Waals surface area contributed by atoms with Crippen LogP contribution in [0.25, 0.3) is 21.6 Å². The van der Waals surface area contributed by atoms with Gasteiger partial charge in [-0.25, -0.2) is 4.79 Å². The molecular formula is C34H37NO4S3. The first-order valence-electron chi connectivity index (χ1n) is 14.0. The van der Waals surface area contributed by atoms with Gasteiger partial charge < -0.3 is 15.2 Å². The van der Waals surface area contributed by atoms with Crippen LogP contribution in [0.2, 0.25) is 0 Å². The van der Waals surface area contributed by atoms with E-state index in [1.54, 1.807) is 29.2 Å². The molecule has 0 spiro atoms. The quantitative estimate of drug-likeness (QED) is 0.139. The fourth-order valence-electron chi connectivity index (χ4n) is 4.62. The van der Waals surface area contributed by atoms with E-state index in [0.717, 1.165) is 33.8 Å². The van der Waals surface area contributed by atoms with Gasteiger partial charge in [-0.2, -0.15) is 23.5 Å². The van der Waals surface area contributed by atoms with E-state index in [2.05, 4.69) is 48.6 Å². The summed E-state index contributed by atoms with van der Waals surface area (Å²) in [5.74, 6) is 1.08. The van der Waals surface area contributed by atoms with Gasteiger partial charge in [0.1, 0.15) is 12.1 Å². The second-order valence-corrected chi connectivity index (χ2v) is 13.3. The number of hydrogen-bond donors (Lipinski definition) is 2. The van der Waals surface area contributed by atoms with Gasteiger partial charge in [-0.05, 0) is 83.2 Å². The number of amides is 1. The average molecular weight is 620 g/mol. The second-order valence-electron chi connectivity index (χ2n) is 9.87. The molecule has 5 nitrogen and oxygen atoms in total. The fourth-order valence-corrected chi connectivity index (χ4v) is 6.99. The number of aliphatic carboxylic acids is 1. The number of benzene rings is 3. The van der Waals surface area contributed by atoms with Crippen molar-refractivity contribution in [1.29, 1.82) is 0 Å². The van der Waals surface area contributed by atoms with Crippen LogP contribution in [0.3, 0.4) is 0 Å². The summed E-state index contributed by atoms with van der Waals surface area (Å²) in [4.78, 5) is 27.6. The van der Waals surface area contributed by atoms with Gasteiger partial charge in [0.15, 0.2) is 0 Å². The molecule has 8 heteroatoms. The van der Waals surface area contributed by atoms with Crippen LogP contribution in [0.1, 0.15) is 45.8 Å². The molecule has 0 bridgehead atoms. The molecule has 0 fully saturated rings. The van der Waals surface area contributed by atoms with E-state index < -0.39 is 17.9 Å². The van der Waals surface area contributed by atoms with Crippen LogP contribution in [0.15, 0.2) is 84.9 Å². The Labute approximate surface area is 261 Å². The standard InChI is InChI=1S/C34H37NO4S3/c1-4-41-22-30(32-17-16-31(42-32)25-11-6-5-7-12-25)39-21-24-14-15-27(28(20-24)26-13-9-8-10-23(26)2)33(36)35-29(34(37)38)18-19-40-3/h5-17,20,29-30H,4,18-19,21-22H2,1-3H3,(H,35,36)(H,37,38)/t29-,30-/m0/s1. The van der Waals surface area contributed by atoms with Crippen molar-refractivity contribution in [3.8, 4) is 21.6 Å². The third-order valence-electron chi connectivity index (χ3n) is 6.90. The van der Waals surface area contributed by atoms with E-state index in [1.807, 2.05) is 67.4 Å². The molecule has 0 aliphatic carbocycles. The Morgan fingerprint density at radius 2 is 1.74 bits per heavy atom. The van der Waals surface area contributed by atoms with E-state index in [0.29, 0.717) is 24.3 Å². The van der Waals surface area contributed by atoms with Crippen LogP contribution in [0.4, 0.5) is 0 Å². The zero-order valence-electron chi connectivity index (χ0n) is 24.2. The maximum atomic E-state index is 13.4. The molecule has 2 N–H and O–H groups in total. The highest BCUT2D eigenvalue weighted by Gasteiger charge is 2.23. The van der Waals surface area contributed by atoms with Crippen molar-refractivity contribution < 1.29 is 19.4 Å². The minimum atomic E-state index is -1.03. The van der Waals surface area contributed by atoms with Gasteiger partial charge in [-0.3, -0.25) is 4.79 Å². The lowest BCUT2D eigenvalue weighted by Gasteiger charge is -2.19. The molecule has 0 unspecified atom stereocenters. The highest BCUT2D eigenvalue weighted by atomic mass is 32.2. The third kappa shape index (κ3) is 8.51. The topological polar surface area (TPSA) is 75.6 Å². The Morgan fingerprint density at radius 1 is 0.976 bits per heavy atom. The molecule has 42 heavy (non-hydrogen) atoms. The molecule has 0 saturated carbocycles. The Bertz CT molecular complexity index is 1470. The normalized spacial score (nSPS) is 12.5. The number of aryl methyl sites for hydroxylation is 1. The SMILES string of the molecule is CCSC[C@H](OCc1ccc(C(=O)N[C@@H](CCSC)C(=O)O)c(-c2ccccc2C)c1)c1ccc(-c2ccccc2)s1. The average Bonchev–Trinajstić information content (AvgIpc) is 3.50. The first-order chi connectivity index (χ1) is 20.4. The molecule has 4 aromatic rings. The van der Waals surface area contributed by atoms with Crippen LogP contribution in [-0.4, -0.2) is 46.5 Å². The molecule has 2 atom stereocenters. The van der Waals surface area contributed by atoms with Crippen LogP contribution in [0, 0.1) is 6.92 Å². The van der Waals surface area contributed by atoms with Crippen LogP contribution in [-0.2, 0) is 16.1 Å².